The second-order valence-corrected chi connectivity index (χ2v) is 19.1. The monoisotopic (exact) mass is 790 g/mol. The van der Waals surface area contributed by atoms with Gasteiger partial charge >= 0.3 is 0 Å². The third-order valence-electron chi connectivity index (χ3n) is 12.1. The molecule has 10 heteroatoms. The van der Waals surface area contributed by atoms with Gasteiger partial charge < -0.3 is 4.74 Å². The lowest BCUT2D eigenvalue weighted by molar-refractivity contribution is 0.0193. The van der Waals surface area contributed by atoms with Gasteiger partial charge in [-0.2, -0.15) is 12.7 Å². The van der Waals surface area contributed by atoms with Gasteiger partial charge in [-0.1, -0.05) is 142 Å². The van der Waals surface area contributed by atoms with Crippen LogP contribution in [0, 0.1) is 29.3 Å². The summed E-state index contributed by atoms with van der Waals surface area (Å²) >= 11 is 1.78. The Kier molecular flexibility index (Phi) is 13.1. The zero-order valence-corrected chi connectivity index (χ0v) is 33.1. The molecule has 0 aromatic heterocycles. The standard InChI is InChI=1S/C45H53F3N2O3S2/c46-41-27-43(48)42(47)26-36(41)32-53-33-44(28-34-16-6-1-7-17-34)29-40(31-50(44)55(51,52)49-30-35-18-8-2-9-19-35)54-45(37-20-10-3-11-21-37,38-22-12-4-13-23-38)39-24-14-5-15-25-39/h3-5,10-15,20-27,34-35,40,49H,1-2,6-9,16-19,28-33H2/t40-,44+/m1/s1. The maximum atomic E-state index is 14.9. The lowest BCUT2D eigenvalue weighted by Crippen LogP contribution is -2.55. The summed E-state index contributed by atoms with van der Waals surface area (Å²) < 4.78 is 83.0. The predicted octanol–water partition coefficient (Wildman–Crippen LogP) is 10.5. The molecule has 0 radical (unpaired) electrons. The van der Waals surface area contributed by atoms with Crippen LogP contribution in [0.25, 0.3) is 0 Å². The van der Waals surface area contributed by atoms with Crippen LogP contribution in [0.2, 0.25) is 0 Å². The van der Waals surface area contributed by atoms with Crippen LogP contribution in [0.1, 0.15) is 99.3 Å². The fraction of sp³-hybridized carbons (Fsp3) is 0.467. The molecule has 2 atom stereocenters. The Labute approximate surface area is 329 Å². The number of hydrogen-bond donors (Lipinski definition) is 1. The van der Waals surface area contributed by atoms with Gasteiger partial charge in [0.25, 0.3) is 10.2 Å². The van der Waals surface area contributed by atoms with E-state index in [1.807, 2.05) is 18.2 Å². The number of nitrogens with zero attached hydrogens (tertiary/aromatic N) is 1. The van der Waals surface area contributed by atoms with Crippen LogP contribution in [-0.2, 0) is 26.3 Å². The molecule has 0 unspecified atom stereocenters. The molecular weight excluding hydrogens is 738 g/mol. The zero-order chi connectivity index (χ0) is 38.3. The summed E-state index contributed by atoms with van der Waals surface area (Å²) in [5.41, 5.74) is 2.23. The first-order valence-corrected chi connectivity index (χ1v) is 22.3. The Balaban J connectivity index is 1.29. The molecule has 7 rings (SSSR count). The number of nitrogens with one attached hydrogen (secondary N) is 1. The molecule has 1 N–H and O–H groups in total. The van der Waals surface area contributed by atoms with Crippen molar-refractivity contribution in [2.75, 3.05) is 19.7 Å². The van der Waals surface area contributed by atoms with Crippen molar-refractivity contribution >= 4 is 22.0 Å². The summed E-state index contributed by atoms with van der Waals surface area (Å²) in [5.74, 6) is -2.72. The summed E-state index contributed by atoms with van der Waals surface area (Å²) in [6.07, 6.45) is 11.9. The van der Waals surface area contributed by atoms with Gasteiger partial charge in [-0.25, -0.2) is 17.9 Å². The van der Waals surface area contributed by atoms with E-state index in [2.05, 4.69) is 77.5 Å². The second kappa shape index (κ2) is 18.0. The van der Waals surface area contributed by atoms with Crippen LogP contribution in [-0.4, -0.2) is 43.2 Å². The van der Waals surface area contributed by atoms with Crippen LogP contribution in [0.15, 0.2) is 103 Å². The van der Waals surface area contributed by atoms with Gasteiger partial charge in [0, 0.05) is 30.0 Å². The fourth-order valence-electron chi connectivity index (χ4n) is 9.39. The third kappa shape index (κ3) is 9.20. The smallest absolute Gasteiger partial charge is 0.280 e. The first-order chi connectivity index (χ1) is 26.7. The summed E-state index contributed by atoms with van der Waals surface area (Å²) in [5, 5.41) is -0.168. The number of ether oxygens (including phenoxy) is 1. The van der Waals surface area contributed by atoms with Crippen molar-refractivity contribution in [3.8, 4) is 0 Å². The van der Waals surface area contributed by atoms with Crippen molar-refractivity contribution in [1.82, 2.24) is 9.03 Å². The molecule has 2 saturated carbocycles. The first kappa shape index (κ1) is 40.1. The number of benzene rings is 4. The van der Waals surface area contributed by atoms with E-state index >= 15 is 0 Å². The molecule has 294 valence electrons. The maximum Gasteiger partial charge on any atom is 0.280 e. The molecule has 0 spiro atoms. The maximum absolute atomic E-state index is 14.9. The molecule has 3 aliphatic rings. The topological polar surface area (TPSA) is 58.6 Å². The van der Waals surface area contributed by atoms with Crippen molar-refractivity contribution in [3.63, 3.8) is 0 Å². The molecule has 1 aliphatic heterocycles. The van der Waals surface area contributed by atoms with Crippen molar-refractivity contribution in [1.29, 1.82) is 0 Å². The molecule has 1 heterocycles. The third-order valence-corrected chi connectivity index (χ3v) is 15.4. The Bertz CT molecular complexity index is 1850. The zero-order valence-electron chi connectivity index (χ0n) is 31.5. The van der Waals surface area contributed by atoms with Crippen LogP contribution >= 0.6 is 11.8 Å². The van der Waals surface area contributed by atoms with E-state index in [0.717, 1.165) is 80.5 Å². The van der Waals surface area contributed by atoms with Gasteiger partial charge in [0.2, 0.25) is 0 Å². The minimum absolute atomic E-state index is 0.00164. The van der Waals surface area contributed by atoms with Gasteiger partial charge in [0.1, 0.15) is 5.82 Å². The number of hydrogen-bond acceptors (Lipinski definition) is 4. The van der Waals surface area contributed by atoms with Crippen molar-refractivity contribution in [2.24, 2.45) is 11.8 Å². The predicted molar refractivity (Wildman–Crippen MR) is 215 cm³/mol. The highest BCUT2D eigenvalue weighted by Gasteiger charge is 2.54. The van der Waals surface area contributed by atoms with Gasteiger partial charge in [0.15, 0.2) is 11.6 Å². The average molecular weight is 791 g/mol. The highest BCUT2D eigenvalue weighted by Crippen LogP contribution is 2.54. The van der Waals surface area contributed by atoms with Crippen LogP contribution in [0.3, 0.4) is 0 Å². The Morgan fingerprint density at radius 1 is 0.709 bits per heavy atom. The lowest BCUT2D eigenvalue weighted by atomic mass is 9.79. The van der Waals surface area contributed by atoms with E-state index < -0.39 is 37.9 Å². The van der Waals surface area contributed by atoms with Crippen LogP contribution < -0.4 is 4.72 Å². The fourth-order valence-corrected chi connectivity index (χ4v) is 13.1. The first-order valence-electron chi connectivity index (χ1n) is 20.0. The molecule has 4 aromatic rings. The van der Waals surface area contributed by atoms with E-state index in [4.69, 9.17) is 4.74 Å². The highest BCUT2D eigenvalue weighted by molar-refractivity contribution is 8.01. The van der Waals surface area contributed by atoms with Gasteiger partial charge in [-0.05, 0) is 60.3 Å². The summed E-state index contributed by atoms with van der Waals surface area (Å²) in [6.45, 7) is 0.338. The van der Waals surface area contributed by atoms with Crippen molar-refractivity contribution in [3.05, 3.63) is 143 Å². The van der Waals surface area contributed by atoms with E-state index in [-0.39, 0.29) is 30.6 Å². The molecule has 55 heavy (non-hydrogen) atoms. The van der Waals surface area contributed by atoms with Gasteiger partial charge in [-0.3, -0.25) is 0 Å². The number of thioether (sulfide) groups is 1. The molecule has 4 aromatic carbocycles. The molecular formula is C45H53F3N2O3S2. The van der Waals surface area contributed by atoms with Crippen LogP contribution in [0.4, 0.5) is 13.2 Å². The Morgan fingerprint density at radius 2 is 1.22 bits per heavy atom. The lowest BCUT2D eigenvalue weighted by Gasteiger charge is -2.41. The molecule has 0 amide bonds. The molecule has 3 fully saturated rings. The Hall–Kier alpha value is -3.15. The van der Waals surface area contributed by atoms with E-state index in [0.29, 0.717) is 37.3 Å². The minimum atomic E-state index is -4.01. The molecule has 0 bridgehead atoms. The Morgan fingerprint density at radius 3 is 1.76 bits per heavy atom. The summed E-state index contributed by atoms with van der Waals surface area (Å²) in [7, 11) is -4.01. The van der Waals surface area contributed by atoms with E-state index in [1.165, 1.54) is 6.42 Å². The number of rotatable bonds is 15. The summed E-state index contributed by atoms with van der Waals surface area (Å²) in [4.78, 5) is 0. The highest BCUT2D eigenvalue weighted by atomic mass is 32.2. The van der Waals surface area contributed by atoms with E-state index in [1.54, 1.807) is 16.1 Å². The SMILES string of the molecule is O=S(=O)(NCC1CCCCC1)N1C[C@H](SC(c2ccccc2)(c2ccccc2)c2ccccc2)C[C@]1(COCc1cc(F)c(F)cc1F)CC1CCCCC1. The van der Waals surface area contributed by atoms with Crippen LogP contribution in [0.5, 0.6) is 0 Å². The minimum Gasteiger partial charge on any atom is -0.375 e. The molecule has 5 nitrogen and oxygen atoms in total. The normalized spacial score (nSPS) is 21.9. The second-order valence-electron chi connectivity index (χ2n) is 15.9. The quantitative estimate of drug-likeness (QED) is 0.0963. The number of halogens is 3. The summed E-state index contributed by atoms with van der Waals surface area (Å²) in [6, 6.07) is 32.6. The van der Waals surface area contributed by atoms with E-state index in [9.17, 15) is 21.6 Å². The molecule has 2 aliphatic carbocycles. The molecule has 1 saturated heterocycles. The van der Waals surface area contributed by atoms with Gasteiger partial charge in [-0.15, -0.1) is 11.8 Å². The van der Waals surface area contributed by atoms with Crippen molar-refractivity contribution in [2.45, 2.75) is 99.2 Å². The average Bonchev–Trinajstić information content (AvgIpc) is 3.58. The largest absolute Gasteiger partial charge is 0.375 e. The van der Waals surface area contributed by atoms with Crippen molar-refractivity contribution < 1.29 is 26.3 Å². The van der Waals surface area contributed by atoms with Gasteiger partial charge in [0.05, 0.1) is 23.5 Å².